The van der Waals surface area contributed by atoms with Crippen molar-refractivity contribution in [3.63, 3.8) is 0 Å². The van der Waals surface area contributed by atoms with Gasteiger partial charge in [0.25, 0.3) is 0 Å². The highest BCUT2D eigenvalue weighted by molar-refractivity contribution is 5.79. The highest BCUT2D eigenvalue weighted by Crippen LogP contribution is 2.19. The summed E-state index contributed by atoms with van der Waals surface area (Å²) in [7, 11) is 1.34. The number of carbonyl (C=O) groups is 2. The number of Topliss-reactive ketones (excluding diaryl/α,β-unsaturated/α-hetero) is 1. The van der Waals surface area contributed by atoms with Gasteiger partial charge in [0, 0.05) is 12.8 Å². The Morgan fingerprint density at radius 2 is 2.00 bits per heavy atom. The van der Waals surface area contributed by atoms with Crippen LogP contribution in [-0.4, -0.2) is 31.1 Å². The maximum absolute atomic E-state index is 11.0. The molecule has 4 nitrogen and oxygen atoms in total. The third-order valence-electron chi connectivity index (χ3n) is 2.42. The Kier molecular flexibility index (Phi) is 4.07. The lowest BCUT2D eigenvalue weighted by atomic mass is 9.96. The average Bonchev–Trinajstić information content (AvgIpc) is 2.20. The van der Waals surface area contributed by atoms with Crippen molar-refractivity contribution in [2.75, 3.05) is 7.11 Å². The fraction of sp³-hybridized carbons (Fsp3) is 0.800. The number of hydrogen-bond donors (Lipinski definition) is 0. The minimum atomic E-state index is -0.529. The topological polar surface area (TPSA) is 52.6 Å². The molecule has 80 valence electrons. The molecule has 0 saturated heterocycles. The van der Waals surface area contributed by atoms with Gasteiger partial charge in [-0.05, 0) is 19.8 Å². The molecule has 0 aromatic carbocycles. The third-order valence-corrected chi connectivity index (χ3v) is 2.42. The number of rotatable bonds is 3. The molecule has 0 radical (unpaired) electrons. The van der Waals surface area contributed by atoms with E-state index in [2.05, 4.69) is 4.74 Å². The van der Waals surface area contributed by atoms with Crippen LogP contribution in [0.15, 0.2) is 0 Å². The molecule has 0 heterocycles. The van der Waals surface area contributed by atoms with E-state index < -0.39 is 6.10 Å². The van der Waals surface area contributed by atoms with Gasteiger partial charge < -0.3 is 9.47 Å². The number of carbonyl (C=O) groups excluding carboxylic acids is 2. The quantitative estimate of drug-likeness (QED) is 0.639. The van der Waals surface area contributed by atoms with E-state index in [0.29, 0.717) is 12.8 Å². The highest BCUT2D eigenvalue weighted by atomic mass is 16.6. The SMILES string of the molecule is COC(=O)C(C)OC1CCC(=O)CC1. The molecule has 0 aromatic heterocycles. The molecule has 0 spiro atoms. The van der Waals surface area contributed by atoms with Crippen LogP contribution in [0.5, 0.6) is 0 Å². The van der Waals surface area contributed by atoms with Crippen LogP contribution < -0.4 is 0 Å². The Hall–Kier alpha value is -0.900. The van der Waals surface area contributed by atoms with Crippen LogP contribution in [0, 0.1) is 0 Å². The summed E-state index contributed by atoms with van der Waals surface area (Å²) in [6.07, 6.45) is 2.08. The molecule has 1 atom stereocenters. The van der Waals surface area contributed by atoms with Crippen molar-refractivity contribution in [3.05, 3.63) is 0 Å². The minimum Gasteiger partial charge on any atom is -0.467 e. The summed E-state index contributed by atoms with van der Waals surface area (Å²) in [6, 6.07) is 0. The van der Waals surface area contributed by atoms with Gasteiger partial charge in [-0.3, -0.25) is 4.79 Å². The van der Waals surface area contributed by atoms with Gasteiger partial charge in [0.1, 0.15) is 5.78 Å². The highest BCUT2D eigenvalue weighted by Gasteiger charge is 2.24. The molecule has 0 amide bonds. The summed E-state index contributed by atoms with van der Waals surface area (Å²) in [5.74, 6) is -0.0718. The first-order valence-electron chi connectivity index (χ1n) is 4.88. The number of ether oxygens (including phenoxy) is 2. The molecule has 0 bridgehead atoms. The van der Waals surface area contributed by atoms with Gasteiger partial charge in [-0.25, -0.2) is 4.79 Å². The molecular weight excluding hydrogens is 184 g/mol. The molecule has 14 heavy (non-hydrogen) atoms. The molecular formula is C10H16O4. The van der Waals surface area contributed by atoms with E-state index >= 15 is 0 Å². The van der Waals surface area contributed by atoms with Gasteiger partial charge >= 0.3 is 5.97 Å². The lowest BCUT2D eigenvalue weighted by Crippen LogP contribution is -2.30. The first-order chi connectivity index (χ1) is 6.63. The Morgan fingerprint density at radius 3 is 2.50 bits per heavy atom. The number of esters is 1. The minimum absolute atomic E-state index is 0.0294. The van der Waals surface area contributed by atoms with E-state index in [4.69, 9.17) is 4.74 Å². The predicted molar refractivity (Wildman–Crippen MR) is 49.8 cm³/mol. The summed E-state index contributed by atoms with van der Waals surface area (Å²) >= 11 is 0. The van der Waals surface area contributed by atoms with E-state index in [1.54, 1.807) is 6.92 Å². The van der Waals surface area contributed by atoms with Crippen LogP contribution in [0.4, 0.5) is 0 Å². The van der Waals surface area contributed by atoms with Crippen LogP contribution in [-0.2, 0) is 19.1 Å². The second-order valence-electron chi connectivity index (χ2n) is 3.54. The van der Waals surface area contributed by atoms with Crippen molar-refractivity contribution in [1.82, 2.24) is 0 Å². The zero-order valence-electron chi connectivity index (χ0n) is 8.62. The van der Waals surface area contributed by atoms with Crippen molar-refractivity contribution >= 4 is 11.8 Å². The fourth-order valence-electron chi connectivity index (χ4n) is 1.56. The summed E-state index contributed by atoms with van der Waals surface area (Å²) in [5, 5.41) is 0. The zero-order valence-corrected chi connectivity index (χ0v) is 8.62. The molecule has 1 fully saturated rings. The van der Waals surface area contributed by atoms with Gasteiger partial charge in [-0.2, -0.15) is 0 Å². The van der Waals surface area contributed by atoms with Crippen LogP contribution in [0.3, 0.4) is 0 Å². The Balaban J connectivity index is 2.30. The van der Waals surface area contributed by atoms with E-state index in [0.717, 1.165) is 12.8 Å². The van der Waals surface area contributed by atoms with Gasteiger partial charge in [0.05, 0.1) is 13.2 Å². The smallest absolute Gasteiger partial charge is 0.334 e. The molecule has 1 unspecified atom stereocenters. The van der Waals surface area contributed by atoms with Gasteiger partial charge in [0.15, 0.2) is 6.10 Å². The van der Waals surface area contributed by atoms with Crippen LogP contribution >= 0.6 is 0 Å². The number of hydrogen-bond acceptors (Lipinski definition) is 4. The number of ketones is 1. The maximum Gasteiger partial charge on any atom is 0.334 e. The van der Waals surface area contributed by atoms with Gasteiger partial charge in [-0.1, -0.05) is 0 Å². The molecule has 0 aromatic rings. The molecule has 0 aliphatic heterocycles. The van der Waals surface area contributed by atoms with Crippen molar-refractivity contribution < 1.29 is 19.1 Å². The van der Waals surface area contributed by atoms with Crippen molar-refractivity contribution in [3.8, 4) is 0 Å². The fourth-order valence-corrected chi connectivity index (χ4v) is 1.56. The van der Waals surface area contributed by atoms with Crippen LogP contribution in [0.25, 0.3) is 0 Å². The van der Waals surface area contributed by atoms with E-state index in [1.165, 1.54) is 7.11 Å². The molecule has 1 aliphatic carbocycles. The van der Waals surface area contributed by atoms with Crippen LogP contribution in [0.2, 0.25) is 0 Å². The molecule has 4 heteroatoms. The first kappa shape index (κ1) is 11.2. The second kappa shape index (κ2) is 5.10. The molecule has 0 N–H and O–H groups in total. The summed E-state index contributed by atoms with van der Waals surface area (Å²) < 4.78 is 10.0. The van der Waals surface area contributed by atoms with E-state index in [1.807, 2.05) is 0 Å². The molecule has 1 aliphatic rings. The number of methoxy groups -OCH3 is 1. The summed E-state index contributed by atoms with van der Waals surface area (Å²) in [5.41, 5.74) is 0. The van der Waals surface area contributed by atoms with Gasteiger partial charge in [0.2, 0.25) is 0 Å². The Morgan fingerprint density at radius 1 is 1.43 bits per heavy atom. The lowest BCUT2D eigenvalue weighted by Gasteiger charge is -2.23. The monoisotopic (exact) mass is 200 g/mol. The summed E-state index contributed by atoms with van der Waals surface area (Å²) in [4.78, 5) is 22.0. The summed E-state index contributed by atoms with van der Waals surface area (Å²) in [6.45, 7) is 1.67. The average molecular weight is 200 g/mol. The Bertz CT molecular complexity index is 214. The Labute approximate surface area is 83.6 Å². The largest absolute Gasteiger partial charge is 0.467 e. The second-order valence-corrected chi connectivity index (χ2v) is 3.54. The van der Waals surface area contributed by atoms with E-state index in [-0.39, 0.29) is 17.9 Å². The van der Waals surface area contributed by atoms with Crippen molar-refractivity contribution in [1.29, 1.82) is 0 Å². The maximum atomic E-state index is 11.0. The van der Waals surface area contributed by atoms with E-state index in [9.17, 15) is 9.59 Å². The van der Waals surface area contributed by atoms with Crippen LogP contribution in [0.1, 0.15) is 32.6 Å². The zero-order chi connectivity index (χ0) is 10.6. The molecule has 1 saturated carbocycles. The van der Waals surface area contributed by atoms with Gasteiger partial charge in [-0.15, -0.1) is 0 Å². The normalized spacial score (nSPS) is 20.6. The first-order valence-corrected chi connectivity index (χ1v) is 4.88. The van der Waals surface area contributed by atoms with Crippen molar-refractivity contribution in [2.24, 2.45) is 0 Å². The molecule has 1 rings (SSSR count). The van der Waals surface area contributed by atoms with Crippen molar-refractivity contribution in [2.45, 2.75) is 44.8 Å². The predicted octanol–water partition coefficient (Wildman–Crippen LogP) is 1.08. The standard InChI is InChI=1S/C10H16O4/c1-7(10(12)13-2)14-9-5-3-8(11)4-6-9/h7,9H,3-6H2,1-2H3. The lowest BCUT2D eigenvalue weighted by molar-refractivity contribution is -0.157. The third kappa shape index (κ3) is 3.10.